The van der Waals surface area contributed by atoms with Crippen LogP contribution in [-0.4, -0.2) is 54.9 Å². The third kappa shape index (κ3) is 3.97. The topological polar surface area (TPSA) is 73.7 Å². The van der Waals surface area contributed by atoms with Crippen LogP contribution in [0.3, 0.4) is 0 Å². The highest BCUT2D eigenvalue weighted by Crippen LogP contribution is 2.30. The molecule has 7 heteroatoms. The molecule has 30 heavy (non-hydrogen) atoms. The number of ether oxygens (including phenoxy) is 2. The van der Waals surface area contributed by atoms with Crippen molar-refractivity contribution in [3.8, 4) is 16.9 Å². The minimum Gasteiger partial charge on any atom is -0.465 e. The molecular weight excluding hydrogens is 382 g/mol. The summed E-state index contributed by atoms with van der Waals surface area (Å²) in [7, 11) is 6.56. The molecule has 2 aromatic carbocycles. The van der Waals surface area contributed by atoms with Crippen LogP contribution in [0.4, 0.5) is 0 Å². The summed E-state index contributed by atoms with van der Waals surface area (Å²) in [4.78, 5) is 27.4. The van der Waals surface area contributed by atoms with Crippen LogP contribution in [0, 0.1) is 0 Å². The Morgan fingerprint density at radius 1 is 0.933 bits per heavy atom. The summed E-state index contributed by atoms with van der Waals surface area (Å²) in [6.45, 7) is 2.11. The monoisotopic (exact) mass is 407 g/mol. The first-order valence-corrected chi connectivity index (χ1v) is 9.50. The third-order valence-corrected chi connectivity index (χ3v) is 5.10. The second-order valence-corrected chi connectivity index (χ2v) is 7.06. The molecule has 1 unspecified atom stereocenters. The largest absolute Gasteiger partial charge is 0.465 e. The Hall–Kier alpha value is -3.45. The van der Waals surface area contributed by atoms with E-state index in [9.17, 15) is 9.59 Å². The Morgan fingerprint density at radius 3 is 2.07 bits per heavy atom. The van der Waals surface area contributed by atoms with Crippen molar-refractivity contribution in [2.24, 2.45) is 0 Å². The molecule has 0 amide bonds. The molecule has 3 aromatic rings. The van der Waals surface area contributed by atoms with Gasteiger partial charge >= 0.3 is 11.9 Å². The van der Waals surface area contributed by atoms with Gasteiger partial charge in [0.25, 0.3) is 0 Å². The smallest absolute Gasteiger partial charge is 0.357 e. The van der Waals surface area contributed by atoms with E-state index < -0.39 is 11.9 Å². The zero-order valence-corrected chi connectivity index (χ0v) is 17.7. The minimum absolute atomic E-state index is 0.0243. The van der Waals surface area contributed by atoms with Crippen molar-refractivity contribution in [2.75, 3.05) is 28.3 Å². The maximum atomic E-state index is 12.7. The summed E-state index contributed by atoms with van der Waals surface area (Å²) >= 11 is 0. The van der Waals surface area contributed by atoms with Gasteiger partial charge in [0.15, 0.2) is 5.69 Å². The van der Waals surface area contributed by atoms with Gasteiger partial charge in [0.05, 0.1) is 19.9 Å². The van der Waals surface area contributed by atoms with Crippen LogP contribution in [-0.2, 0) is 9.47 Å². The van der Waals surface area contributed by atoms with E-state index in [0.29, 0.717) is 16.9 Å². The van der Waals surface area contributed by atoms with E-state index in [-0.39, 0.29) is 17.3 Å². The Labute approximate surface area is 175 Å². The molecule has 156 valence electrons. The van der Waals surface area contributed by atoms with Gasteiger partial charge < -0.3 is 14.4 Å². The molecule has 0 saturated heterocycles. The van der Waals surface area contributed by atoms with E-state index in [2.05, 4.69) is 16.9 Å². The van der Waals surface area contributed by atoms with Crippen molar-refractivity contribution in [3.63, 3.8) is 0 Å². The number of hydrogen-bond acceptors (Lipinski definition) is 6. The van der Waals surface area contributed by atoms with Crippen molar-refractivity contribution in [1.82, 2.24) is 14.7 Å². The summed E-state index contributed by atoms with van der Waals surface area (Å²) in [6, 6.07) is 17.1. The van der Waals surface area contributed by atoms with Crippen LogP contribution in [0.5, 0.6) is 0 Å². The van der Waals surface area contributed by atoms with Crippen LogP contribution in [0.1, 0.15) is 39.4 Å². The molecule has 0 aliphatic rings. The molecule has 7 nitrogen and oxygen atoms in total. The number of carbonyl (C=O) groups is 2. The molecule has 0 bridgehead atoms. The SMILES string of the molecule is COC(=O)c1c(-c2ccc(C(C)N(C)C)cc2)nn(-c2ccccc2)c1C(=O)OC. The van der Waals surface area contributed by atoms with E-state index >= 15 is 0 Å². The fourth-order valence-electron chi connectivity index (χ4n) is 3.17. The summed E-state index contributed by atoms with van der Waals surface area (Å²) in [5.41, 5.74) is 2.91. The lowest BCUT2D eigenvalue weighted by molar-refractivity contribution is 0.0549. The molecule has 1 heterocycles. The van der Waals surface area contributed by atoms with Gasteiger partial charge in [-0.15, -0.1) is 0 Å². The lowest BCUT2D eigenvalue weighted by Gasteiger charge is -2.20. The van der Waals surface area contributed by atoms with Gasteiger partial charge in [0.2, 0.25) is 0 Å². The summed E-state index contributed by atoms with van der Waals surface area (Å²) < 4.78 is 11.3. The summed E-state index contributed by atoms with van der Waals surface area (Å²) in [5, 5.41) is 4.60. The lowest BCUT2D eigenvalue weighted by Crippen LogP contribution is -2.16. The zero-order chi connectivity index (χ0) is 21.8. The normalized spacial score (nSPS) is 11.9. The van der Waals surface area contributed by atoms with Gasteiger partial charge in [0, 0.05) is 11.6 Å². The van der Waals surface area contributed by atoms with Gasteiger partial charge in [0.1, 0.15) is 11.3 Å². The number of carbonyl (C=O) groups excluding carboxylic acids is 2. The first-order valence-electron chi connectivity index (χ1n) is 9.50. The number of methoxy groups -OCH3 is 2. The maximum absolute atomic E-state index is 12.7. The Morgan fingerprint density at radius 2 is 1.53 bits per heavy atom. The number of rotatable bonds is 6. The van der Waals surface area contributed by atoms with Gasteiger partial charge in [-0.25, -0.2) is 14.3 Å². The standard InChI is InChI=1S/C23H25N3O4/c1-15(25(2)3)16-11-13-17(14-12-16)20-19(22(27)29-4)21(23(28)30-5)26(24-20)18-9-7-6-8-10-18/h6-15H,1-5H3. The van der Waals surface area contributed by atoms with Gasteiger partial charge in [-0.1, -0.05) is 42.5 Å². The molecule has 0 fully saturated rings. The molecule has 1 aromatic heterocycles. The second kappa shape index (κ2) is 8.92. The van der Waals surface area contributed by atoms with E-state index in [1.807, 2.05) is 56.6 Å². The molecule has 0 aliphatic heterocycles. The first kappa shape index (κ1) is 21.3. The third-order valence-electron chi connectivity index (χ3n) is 5.10. The number of hydrogen-bond donors (Lipinski definition) is 0. The molecule has 0 spiro atoms. The van der Waals surface area contributed by atoms with Crippen molar-refractivity contribution in [1.29, 1.82) is 0 Å². The highest BCUT2D eigenvalue weighted by Gasteiger charge is 2.31. The predicted octanol–water partition coefficient (Wildman–Crippen LogP) is 3.74. The predicted molar refractivity (Wildman–Crippen MR) is 114 cm³/mol. The van der Waals surface area contributed by atoms with E-state index in [4.69, 9.17) is 9.47 Å². The Kier molecular flexibility index (Phi) is 6.32. The highest BCUT2D eigenvalue weighted by atomic mass is 16.5. The number of benzene rings is 2. The first-order chi connectivity index (χ1) is 14.4. The fourth-order valence-corrected chi connectivity index (χ4v) is 3.17. The molecule has 1 atom stereocenters. The van der Waals surface area contributed by atoms with Crippen molar-refractivity contribution in [2.45, 2.75) is 13.0 Å². The van der Waals surface area contributed by atoms with Crippen LogP contribution in [0.2, 0.25) is 0 Å². The lowest BCUT2D eigenvalue weighted by atomic mass is 10.0. The van der Waals surface area contributed by atoms with Crippen LogP contribution < -0.4 is 0 Å². The Bertz CT molecular complexity index is 1040. The van der Waals surface area contributed by atoms with E-state index in [0.717, 1.165) is 5.56 Å². The van der Waals surface area contributed by atoms with Gasteiger partial charge in [-0.2, -0.15) is 5.10 Å². The molecule has 0 radical (unpaired) electrons. The van der Waals surface area contributed by atoms with Crippen LogP contribution in [0.25, 0.3) is 16.9 Å². The van der Waals surface area contributed by atoms with E-state index in [1.54, 1.807) is 12.1 Å². The second-order valence-electron chi connectivity index (χ2n) is 7.06. The molecular formula is C23H25N3O4. The van der Waals surface area contributed by atoms with Crippen molar-refractivity contribution >= 4 is 11.9 Å². The molecule has 0 aliphatic carbocycles. The minimum atomic E-state index is -0.671. The van der Waals surface area contributed by atoms with Crippen LogP contribution >= 0.6 is 0 Å². The average Bonchev–Trinajstić information content (AvgIpc) is 3.18. The maximum Gasteiger partial charge on any atom is 0.357 e. The molecule has 0 saturated carbocycles. The summed E-state index contributed by atoms with van der Waals surface area (Å²) in [5.74, 6) is -1.32. The van der Waals surface area contributed by atoms with Crippen molar-refractivity contribution < 1.29 is 19.1 Å². The highest BCUT2D eigenvalue weighted by molar-refractivity contribution is 6.06. The van der Waals surface area contributed by atoms with Crippen LogP contribution in [0.15, 0.2) is 54.6 Å². The van der Waals surface area contributed by atoms with E-state index in [1.165, 1.54) is 18.9 Å². The van der Waals surface area contributed by atoms with Gasteiger partial charge in [-0.05, 0) is 38.7 Å². The summed E-state index contributed by atoms with van der Waals surface area (Å²) in [6.07, 6.45) is 0. The number of para-hydroxylation sites is 1. The van der Waals surface area contributed by atoms with Gasteiger partial charge in [-0.3, -0.25) is 0 Å². The Balaban J connectivity index is 2.22. The average molecular weight is 407 g/mol. The fraction of sp³-hybridized carbons (Fsp3) is 0.261. The number of aromatic nitrogens is 2. The number of nitrogens with zero attached hydrogens (tertiary/aromatic N) is 3. The molecule has 3 rings (SSSR count). The molecule has 0 N–H and O–H groups in total. The number of esters is 2. The van der Waals surface area contributed by atoms with Crippen molar-refractivity contribution in [3.05, 3.63) is 71.4 Å². The quantitative estimate of drug-likeness (QED) is 0.580. The zero-order valence-electron chi connectivity index (χ0n) is 17.7.